The maximum Gasteiger partial charge on any atom is 0.255 e. The van der Waals surface area contributed by atoms with Crippen LogP contribution in [0.2, 0.25) is 0 Å². The molecule has 24 heavy (non-hydrogen) atoms. The van der Waals surface area contributed by atoms with Crippen LogP contribution in [0, 0.1) is 0 Å². The highest BCUT2D eigenvalue weighted by molar-refractivity contribution is 7.89. The molecule has 0 bridgehead atoms. The average Bonchev–Trinajstić information content (AvgIpc) is 3.11. The first-order valence-corrected chi connectivity index (χ1v) is 9.53. The second kappa shape index (κ2) is 8.46. The number of methoxy groups -OCH3 is 1. The number of amides is 1. The van der Waals surface area contributed by atoms with Crippen LogP contribution in [0.3, 0.4) is 0 Å². The number of rotatable bonds is 8. The molecule has 1 aromatic rings. The van der Waals surface area contributed by atoms with Gasteiger partial charge in [0.05, 0.1) is 23.7 Å². The van der Waals surface area contributed by atoms with Crippen LogP contribution in [0.4, 0.5) is 0 Å². The van der Waals surface area contributed by atoms with Crippen molar-refractivity contribution in [1.82, 2.24) is 10.0 Å². The Morgan fingerprint density at radius 2 is 2.21 bits per heavy atom. The molecule has 0 unspecified atom stereocenters. The molecule has 1 amide bonds. The maximum absolute atomic E-state index is 12.4. The van der Waals surface area contributed by atoms with Crippen molar-refractivity contribution in [2.75, 3.05) is 26.8 Å². The van der Waals surface area contributed by atoms with Crippen LogP contribution >= 0.6 is 0 Å². The van der Waals surface area contributed by atoms with Gasteiger partial charge in [-0.25, -0.2) is 13.1 Å². The molecular formula is C16H24N2O5S. The number of hydrogen-bond acceptors (Lipinski definition) is 5. The van der Waals surface area contributed by atoms with Crippen LogP contribution < -0.4 is 14.8 Å². The van der Waals surface area contributed by atoms with Gasteiger partial charge in [0.25, 0.3) is 5.91 Å². The predicted molar refractivity (Wildman–Crippen MR) is 89.8 cm³/mol. The lowest BCUT2D eigenvalue weighted by Gasteiger charge is -2.14. The first-order chi connectivity index (χ1) is 11.5. The van der Waals surface area contributed by atoms with Gasteiger partial charge < -0.3 is 14.8 Å². The van der Waals surface area contributed by atoms with Gasteiger partial charge >= 0.3 is 0 Å². The van der Waals surface area contributed by atoms with Gasteiger partial charge in [-0.3, -0.25) is 4.79 Å². The minimum absolute atomic E-state index is 0.0305. The summed E-state index contributed by atoms with van der Waals surface area (Å²) in [6, 6.07) is 4.25. The Morgan fingerprint density at radius 1 is 1.42 bits per heavy atom. The molecule has 1 fully saturated rings. The summed E-state index contributed by atoms with van der Waals surface area (Å²) in [7, 11) is -2.27. The van der Waals surface area contributed by atoms with Crippen LogP contribution in [0.25, 0.3) is 0 Å². The van der Waals surface area contributed by atoms with Gasteiger partial charge in [-0.05, 0) is 37.5 Å². The van der Waals surface area contributed by atoms with E-state index in [9.17, 15) is 13.2 Å². The van der Waals surface area contributed by atoms with Crippen LogP contribution in [0.5, 0.6) is 5.75 Å². The van der Waals surface area contributed by atoms with E-state index >= 15 is 0 Å². The molecule has 134 valence electrons. The number of hydrogen-bond donors (Lipinski definition) is 2. The summed E-state index contributed by atoms with van der Waals surface area (Å²) >= 11 is 0. The van der Waals surface area contributed by atoms with Gasteiger partial charge in [-0.1, -0.05) is 6.92 Å². The molecule has 0 saturated carbocycles. The zero-order valence-electron chi connectivity index (χ0n) is 14.0. The zero-order chi connectivity index (χ0) is 17.6. The van der Waals surface area contributed by atoms with Crippen molar-refractivity contribution < 1.29 is 22.7 Å². The normalized spacial score (nSPS) is 17.7. The van der Waals surface area contributed by atoms with Crippen LogP contribution in [-0.2, 0) is 14.8 Å². The standard InChI is InChI=1S/C16H24N2O5S/c1-3-8-17-16(19)14-10-13(6-7-15(14)22-2)24(20,21)18-11-12-5-4-9-23-12/h6-7,10,12,18H,3-5,8-9,11H2,1-2H3,(H,17,19)/t12-/m0/s1. The number of sulfonamides is 1. The van der Waals surface area contributed by atoms with Crippen molar-refractivity contribution in [2.45, 2.75) is 37.2 Å². The summed E-state index contributed by atoms with van der Waals surface area (Å²) in [5.74, 6) is -0.0217. The summed E-state index contributed by atoms with van der Waals surface area (Å²) in [5, 5.41) is 2.72. The Bertz CT molecular complexity index is 669. The summed E-state index contributed by atoms with van der Waals surface area (Å²) in [4.78, 5) is 12.2. The van der Waals surface area contributed by atoms with Crippen molar-refractivity contribution in [3.63, 3.8) is 0 Å². The average molecular weight is 356 g/mol. The highest BCUT2D eigenvalue weighted by atomic mass is 32.2. The minimum Gasteiger partial charge on any atom is -0.496 e. The Labute approximate surface area is 142 Å². The second-order valence-electron chi connectivity index (χ2n) is 5.60. The lowest BCUT2D eigenvalue weighted by atomic mass is 10.2. The molecule has 7 nitrogen and oxygen atoms in total. The number of benzene rings is 1. The molecule has 8 heteroatoms. The quantitative estimate of drug-likeness (QED) is 0.732. The predicted octanol–water partition coefficient (Wildman–Crippen LogP) is 1.29. The summed E-state index contributed by atoms with van der Waals surface area (Å²) in [6.45, 7) is 3.34. The molecule has 2 N–H and O–H groups in total. The molecule has 0 aliphatic carbocycles. The molecule has 1 aliphatic rings. The van der Waals surface area contributed by atoms with E-state index in [0.29, 0.717) is 18.9 Å². The fourth-order valence-corrected chi connectivity index (χ4v) is 3.55. The maximum atomic E-state index is 12.4. The van der Waals surface area contributed by atoms with E-state index in [2.05, 4.69) is 10.0 Å². The van der Waals surface area contributed by atoms with E-state index in [0.717, 1.165) is 19.3 Å². The molecule has 0 radical (unpaired) electrons. The van der Waals surface area contributed by atoms with Crippen molar-refractivity contribution in [2.24, 2.45) is 0 Å². The molecule has 1 aliphatic heterocycles. The lowest BCUT2D eigenvalue weighted by molar-refractivity contribution is 0.0950. The minimum atomic E-state index is -3.71. The van der Waals surface area contributed by atoms with Crippen molar-refractivity contribution in [3.05, 3.63) is 23.8 Å². The van der Waals surface area contributed by atoms with E-state index in [1.165, 1.54) is 25.3 Å². The Kier molecular flexibility index (Phi) is 6.59. The van der Waals surface area contributed by atoms with Gasteiger partial charge in [0.2, 0.25) is 10.0 Å². The molecular weight excluding hydrogens is 332 g/mol. The SMILES string of the molecule is CCCNC(=O)c1cc(S(=O)(=O)NC[C@@H]2CCCO2)ccc1OC. The van der Waals surface area contributed by atoms with Crippen molar-refractivity contribution >= 4 is 15.9 Å². The number of carbonyl (C=O) groups excluding carboxylic acids is 1. The zero-order valence-corrected chi connectivity index (χ0v) is 14.8. The lowest BCUT2D eigenvalue weighted by Crippen LogP contribution is -2.32. The van der Waals surface area contributed by atoms with Gasteiger partial charge in [0.15, 0.2) is 0 Å². The summed E-state index contributed by atoms with van der Waals surface area (Å²) < 4.78 is 38.0. The molecule has 0 aromatic heterocycles. The smallest absolute Gasteiger partial charge is 0.255 e. The first-order valence-electron chi connectivity index (χ1n) is 8.05. The second-order valence-corrected chi connectivity index (χ2v) is 7.37. The highest BCUT2D eigenvalue weighted by Gasteiger charge is 2.22. The van der Waals surface area contributed by atoms with E-state index in [-0.39, 0.29) is 29.0 Å². The topological polar surface area (TPSA) is 93.7 Å². The van der Waals surface area contributed by atoms with Crippen molar-refractivity contribution in [3.8, 4) is 5.75 Å². The fraction of sp³-hybridized carbons (Fsp3) is 0.562. The number of ether oxygens (including phenoxy) is 2. The summed E-state index contributed by atoms with van der Waals surface area (Å²) in [5.41, 5.74) is 0.200. The third-order valence-corrected chi connectivity index (χ3v) is 5.21. The Balaban J connectivity index is 2.17. The van der Waals surface area contributed by atoms with Gasteiger partial charge in [0.1, 0.15) is 5.75 Å². The molecule has 1 saturated heterocycles. The molecule has 1 aromatic carbocycles. The molecule has 0 spiro atoms. The van der Waals surface area contributed by atoms with E-state index in [1.54, 1.807) is 0 Å². The van der Waals surface area contributed by atoms with E-state index in [4.69, 9.17) is 9.47 Å². The molecule has 1 heterocycles. The van der Waals surface area contributed by atoms with Gasteiger partial charge in [-0.2, -0.15) is 0 Å². The number of carbonyl (C=O) groups is 1. The van der Waals surface area contributed by atoms with Gasteiger partial charge in [0, 0.05) is 19.7 Å². The third kappa shape index (κ3) is 4.68. The third-order valence-electron chi connectivity index (χ3n) is 3.79. The largest absolute Gasteiger partial charge is 0.496 e. The van der Waals surface area contributed by atoms with Crippen molar-refractivity contribution in [1.29, 1.82) is 0 Å². The highest BCUT2D eigenvalue weighted by Crippen LogP contribution is 2.22. The fourth-order valence-electron chi connectivity index (χ4n) is 2.46. The van der Waals surface area contributed by atoms with E-state index in [1.807, 2.05) is 6.92 Å². The van der Waals surface area contributed by atoms with Crippen LogP contribution in [0.1, 0.15) is 36.5 Å². The van der Waals surface area contributed by atoms with Gasteiger partial charge in [-0.15, -0.1) is 0 Å². The monoisotopic (exact) mass is 356 g/mol. The molecule has 1 atom stereocenters. The van der Waals surface area contributed by atoms with E-state index < -0.39 is 10.0 Å². The summed E-state index contributed by atoms with van der Waals surface area (Å²) in [6.07, 6.45) is 2.48. The Morgan fingerprint density at radius 3 is 2.83 bits per heavy atom. The van der Waals surface area contributed by atoms with Crippen LogP contribution in [0.15, 0.2) is 23.1 Å². The Hall–Kier alpha value is -1.64. The molecule has 2 rings (SSSR count). The first kappa shape index (κ1) is 18.7. The van der Waals surface area contributed by atoms with Crippen LogP contribution in [-0.4, -0.2) is 47.2 Å². The number of nitrogens with one attached hydrogen (secondary N) is 2.